The van der Waals surface area contributed by atoms with E-state index in [0.717, 1.165) is 18.8 Å². The number of piperidine rings is 1. The summed E-state index contributed by atoms with van der Waals surface area (Å²) in [7, 11) is 1.60. The molecule has 104 valence electrons. The number of pyridine rings is 1. The van der Waals surface area contributed by atoms with E-state index in [4.69, 9.17) is 9.84 Å². The maximum atomic E-state index is 11.0. The van der Waals surface area contributed by atoms with Gasteiger partial charge in [0.05, 0.1) is 18.7 Å². The zero-order chi connectivity index (χ0) is 13.8. The highest BCUT2D eigenvalue weighted by Gasteiger charge is 2.29. The fourth-order valence-electron chi connectivity index (χ4n) is 2.55. The molecule has 1 aliphatic rings. The average molecular weight is 264 g/mol. The lowest BCUT2D eigenvalue weighted by atomic mass is 9.91. The van der Waals surface area contributed by atoms with Crippen molar-refractivity contribution in [3.8, 4) is 5.88 Å². The van der Waals surface area contributed by atoms with E-state index < -0.39 is 5.97 Å². The van der Waals surface area contributed by atoms with E-state index in [1.165, 1.54) is 0 Å². The van der Waals surface area contributed by atoms with Crippen LogP contribution < -0.4 is 4.74 Å². The SMILES string of the molecule is COc1cccc(CN2CCC(C(=O)O)CC2C)n1. The molecule has 0 amide bonds. The van der Waals surface area contributed by atoms with Crippen molar-refractivity contribution in [1.29, 1.82) is 0 Å². The molecule has 1 saturated heterocycles. The molecule has 5 nitrogen and oxygen atoms in total. The molecule has 0 saturated carbocycles. The summed E-state index contributed by atoms with van der Waals surface area (Å²) in [6.45, 7) is 3.62. The van der Waals surface area contributed by atoms with E-state index in [1.807, 2.05) is 18.2 Å². The minimum Gasteiger partial charge on any atom is -0.481 e. The predicted molar refractivity (Wildman–Crippen MR) is 71.0 cm³/mol. The number of ether oxygens (including phenoxy) is 1. The van der Waals surface area contributed by atoms with Crippen LogP contribution in [-0.2, 0) is 11.3 Å². The molecular formula is C14H20N2O3. The Balaban J connectivity index is 1.98. The molecule has 1 fully saturated rings. The van der Waals surface area contributed by atoms with Crippen LogP contribution >= 0.6 is 0 Å². The molecule has 1 aliphatic heterocycles. The largest absolute Gasteiger partial charge is 0.481 e. The highest BCUT2D eigenvalue weighted by molar-refractivity contribution is 5.70. The van der Waals surface area contributed by atoms with E-state index in [1.54, 1.807) is 7.11 Å². The molecule has 19 heavy (non-hydrogen) atoms. The lowest BCUT2D eigenvalue weighted by molar-refractivity contribution is -0.144. The molecule has 1 aromatic rings. The smallest absolute Gasteiger partial charge is 0.306 e. The summed E-state index contributed by atoms with van der Waals surface area (Å²) < 4.78 is 5.11. The van der Waals surface area contributed by atoms with Crippen LogP contribution in [-0.4, -0.2) is 40.7 Å². The Morgan fingerprint density at radius 1 is 1.58 bits per heavy atom. The Labute approximate surface area is 113 Å². The third-order valence-electron chi connectivity index (χ3n) is 3.72. The van der Waals surface area contributed by atoms with Crippen LogP contribution in [0.4, 0.5) is 0 Å². The minimum atomic E-state index is -0.675. The first-order valence-electron chi connectivity index (χ1n) is 6.57. The van der Waals surface area contributed by atoms with Gasteiger partial charge < -0.3 is 9.84 Å². The van der Waals surface area contributed by atoms with Gasteiger partial charge in [-0.25, -0.2) is 4.98 Å². The molecule has 0 aliphatic carbocycles. The van der Waals surface area contributed by atoms with Crippen molar-refractivity contribution in [2.24, 2.45) is 5.92 Å². The lowest BCUT2D eigenvalue weighted by Gasteiger charge is -2.35. The molecule has 0 spiro atoms. The van der Waals surface area contributed by atoms with Gasteiger partial charge in [-0.1, -0.05) is 6.07 Å². The summed E-state index contributed by atoms with van der Waals surface area (Å²) in [5.41, 5.74) is 0.958. The molecule has 2 unspecified atom stereocenters. The number of carboxylic acid groups (broad SMARTS) is 1. The van der Waals surface area contributed by atoms with Gasteiger partial charge in [0.1, 0.15) is 0 Å². The first kappa shape index (κ1) is 13.8. The number of nitrogens with zero attached hydrogens (tertiary/aromatic N) is 2. The molecule has 2 heterocycles. The number of hydrogen-bond donors (Lipinski definition) is 1. The first-order chi connectivity index (χ1) is 9.10. The van der Waals surface area contributed by atoms with Crippen LogP contribution in [0.5, 0.6) is 5.88 Å². The molecule has 2 atom stereocenters. The molecule has 1 N–H and O–H groups in total. The van der Waals surface area contributed by atoms with Gasteiger partial charge in [-0.15, -0.1) is 0 Å². The molecule has 0 bridgehead atoms. The van der Waals surface area contributed by atoms with Gasteiger partial charge >= 0.3 is 5.97 Å². The van der Waals surface area contributed by atoms with Crippen molar-refractivity contribution in [2.45, 2.75) is 32.4 Å². The van der Waals surface area contributed by atoms with Crippen molar-refractivity contribution >= 4 is 5.97 Å². The predicted octanol–water partition coefficient (Wildman–Crippen LogP) is 1.78. The number of aliphatic carboxylic acids is 1. The Morgan fingerprint density at radius 3 is 3.00 bits per heavy atom. The van der Waals surface area contributed by atoms with Gasteiger partial charge in [0, 0.05) is 18.7 Å². The Morgan fingerprint density at radius 2 is 2.37 bits per heavy atom. The molecule has 0 radical (unpaired) electrons. The van der Waals surface area contributed by atoms with E-state index in [9.17, 15) is 4.79 Å². The fourth-order valence-corrected chi connectivity index (χ4v) is 2.55. The van der Waals surface area contributed by atoms with Crippen LogP contribution in [0.15, 0.2) is 18.2 Å². The number of carboxylic acids is 1. The zero-order valence-corrected chi connectivity index (χ0v) is 11.4. The molecule has 0 aromatic carbocycles. The summed E-state index contributed by atoms with van der Waals surface area (Å²) in [5, 5.41) is 9.05. The third-order valence-corrected chi connectivity index (χ3v) is 3.72. The molecule has 2 rings (SSSR count). The number of aromatic nitrogens is 1. The van der Waals surface area contributed by atoms with Crippen molar-refractivity contribution < 1.29 is 14.6 Å². The lowest BCUT2D eigenvalue weighted by Crippen LogP contribution is -2.42. The minimum absolute atomic E-state index is 0.204. The third kappa shape index (κ3) is 3.44. The van der Waals surface area contributed by atoms with E-state index in [0.29, 0.717) is 18.7 Å². The van der Waals surface area contributed by atoms with Gasteiger partial charge in [-0.3, -0.25) is 9.69 Å². The highest BCUT2D eigenvalue weighted by atomic mass is 16.5. The quantitative estimate of drug-likeness (QED) is 0.898. The summed E-state index contributed by atoms with van der Waals surface area (Å²) in [5.74, 6) is -0.263. The fraction of sp³-hybridized carbons (Fsp3) is 0.571. The average Bonchev–Trinajstić information content (AvgIpc) is 2.41. The summed E-state index contributed by atoms with van der Waals surface area (Å²) in [6.07, 6.45) is 1.42. The second-order valence-electron chi connectivity index (χ2n) is 5.05. The van der Waals surface area contributed by atoms with Crippen molar-refractivity contribution in [3.63, 3.8) is 0 Å². The normalized spacial score (nSPS) is 24.1. The monoisotopic (exact) mass is 264 g/mol. The number of carbonyl (C=O) groups is 1. The van der Waals surface area contributed by atoms with Crippen LogP contribution in [0.3, 0.4) is 0 Å². The summed E-state index contributed by atoms with van der Waals surface area (Å²) in [6, 6.07) is 5.99. The Hall–Kier alpha value is -1.62. The van der Waals surface area contributed by atoms with E-state index in [2.05, 4.69) is 16.8 Å². The topological polar surface area (TPSA) is 62.7 Å². The maximum Gasteiger partial charge on any atom is 0.306 e. The van der Waals surface area contributed by atoms with Crippen LogP contribution in [0.1, 0.15) is 25.5 Å². The number of likely N-dealkylation sites (tertiary alicyclic amines) is 1. The number of methoxy groups -OCH3 is 1. The molecule has 5 heteroatoms. The Kier molecular flexibility index (Phi) is 4.37. The van der Waals surface area contributed by atoms with Crippen LogP contribution in [0, 0.1) is 5.92 Å². The van der Waals surface area contributed by atoms with Crippen molar-refractivity contribution in [3.05, 3.63) is 23.9 Å². The summed E-state index contributed by atoms with van der Waals surface area (Å²) in [4.78, 5) is 17.7. The van der Waals surface area contributed by atoms with Crippen molar-refractivity contribution in [1.82, 2.24) is 9.88 Å². The van der Waals surface area contributed by atoms with E-state index in [-0.39, 0.29) is 12.0 Å². The second-order valence-corrected chi connectivity index (χ2v) is 5.05. The summed E-state index contributed by atoms with van der Waals surface area (Å²) >= 11 is 0. The highest BCUT2D eigenvalue weighted by Crippen LogP contribution is 2.24. The van der Waals surface area contributed by atoms with Gasteiger partial charge in [0.15, 0.2) is 0 Å². The standard InChI is InChI=1S/C14H20N2O3/c1-10-8-11(14(17)18)6-7-16(10)9-12-4-3-5-13(15-12)19-2/h3-5,10-11H,6-9H2,1-2H3,(H,17,18). The van der Waals surface area contributed by atoms with Crippen LogP contribution in [0.25, 0.3) is 0 Å². The van der Waals surface area contributed by atoms with Gasteiger partial charge in [-0.05, 0) is 32.4 Å². The van der Waals surface area contributed by atoms with Gasteiger partial charge in [0.25, 0.3) is 0 Å². The number of hydrogen-bond acceptors (Lipinski definition) is 4. The maximum absolute atomic E-state index is 11.0. The first-order valence-corrected chi connectivity index (χ1v) is 6.57. The van der Waals surface area contributed by atoms with Crippen molar-refractivity contribution in [2.75, 3.05) is 13.7 Å². The van der Waals surface area contributed by atoms with Gasteiger partial charge in [-0.2, -0.15) is 0 Å². The molecule has 1 aromatic heterocycles. The van der Waals surface area contributed by atoms with Gasteiger partial charge in [0.2, 0.25) is 5.88 Å². The second kappa shape index (κ2) is 6.02. The molecular weight excluding hydrogens is 244 g/mol. The van der Waals surface area contributed by atoms with Crippen LogP contribution in [0.2, 0.25) is 0 Å². The Bertz CT molecular complexity index is 450. The number of rotatable bonds is 4. The zero-order valence-electron chi connectivity index (χ0n) is 11.4. The van der Waals surface area contributed by atoms with E-state index >= 15 is 0 Å².